The van der Waals surface area contributed by atoms with Crippen LogP contribution in [0.3, 0.4) is 0 Å². The van der Waals surface area contributed by atoms with E-state index in [0.29, 0.717) is 12.1 Å². The van der Waals surface area contributed by atoms with Gasteiger partial charge < -0.3 is 138 Å². The summed E-state index contributed by atoms with van der Waals surface area (Å²) in [6.45, 7) is 5.97. The van der Waals surface area contributed by atoms with Crippen LogP contribution in [0.5, 0.6) is 51.7 Å². The summed E-state index contributed by atoms with van der Waals surface area (Å²) < 4.78 is 82.7. The maximum absolute atomic E-state index is 16.4. The first kappa shape index (κ1) is 95.8. The average Bonchev–Trinajstić information content (AvgIpc) is 0.968. The predicted molar refractivity (Wildman–Crippen MR) is 451 cm³/mol. The fraction of sp³-hybridized carbons (Fsp3) is 0.405. The number of aromatic nitrogens is 2. The number of aliphatic hydroxyl groups excluding tert-OH is 6. The molecule has 11 bridgehead atoms. The highest BCUT2D eigenvalue weighted by molar-refractivity contribution is 6.32. The number of phenolic OH excluding ortho intramolecular Hbond substituents is 3. The van der Waals surface area contributed by atoms with Crippen LogP contribution in [0.2, 0.25) is 10.0 Å². The number of halogens is 5. The lowest BCUT2D eigenvalue weighted by Gasteiger charge is -2.48. The van der Waals surface area contributed by atoms with Gasteiger partial charge in [0, 0.05) is 55.0 Å². The van der Waals surface area contributed by atoms with Crippen molar-refractivity contribution in [1.29, 1.82) is 0 Å². The molecule has 0 aliphatic carbocycles. The summed E-state index contributed by atoms with van der Waals surface area (Å²) in [5, 5.41) is 133. The molecule has 1 unspecified atom stereocenters. The van der Waals surface area contributed by atoms with Crippen molar-refractivity contribution in [3.05, 3.63) is 169 Å². The molecule has 9 amide bonds. The van der Waals surface area contributed by atoms with E-state index in [9.17, 15) is 83.1 Å². The third-order valence-corrected chi connectivity index (χ3v) is 22.9. The molecule has 15 rings (SSSR count). The Morgan fingerprint density at radius 3 is 2.02 bits per heavy atom. The van der Waals surface area contributed by atoms with Crippen LogP contribution in [0.4, 0.5) is 19.0 Å². The van der Waals surface area contributed by atoms with Crippen molar-refractivity contribution in [3.63, 3.8) is 0 Å². The molecule has 700 valence electrons. The number of rotatable bonds is 21. The SMILES string of the molecule is CN[C@H](CC(C)C)C(=O)N[C@H]1C(=O)N[C@@H](CC(N)=O)C(=O)N[C@H]2C(=O)N[C@H]3C(=O)N[C@H](C(=O)N[C@@H](C(=O)NNC4=NCCN4)c4cc(O)cc(O)c4-c4cc3ccc4O)[C@H](O)c3ccc(c(Cl)c3)Oc3cc2cc(c3OC2O[C@H](CO)[C@@H](O)[C@H](O)[C@H]2O[C@H]2C[C@@](C)(NCCn3ccc(NC(=O)Cc4ccc(OC(F)(F)F)cc4)nc3=O)[C@H](O)[C@H](C)O2)Oc2ccc(cc2Cl)[C@H]1O. The molecule has 9 heterocycles. The lowest BCUT2D eigenvalue weighted by molar-refractivity contribution is -0.334. The number of ether oxygens (including phenoxy) is 7. The maximum atomic E-state index is 16.4. The summed E-state index contributed by atoms with van der Waals surface area (Å²) in [6.07, 6.45) is -23.9. The Morgan fingerprint density at radius 1 is 0.740 bits per heavy atom. The molecule has 0 saturated carbocycles. The van der Waals surface area contributed by atoms with Crippen LogP contribution in [-0.2, 0) is 70.3 Å². The van der Waals surface area contributed by atoms with Gasteiger partial charge in [0.2, 0.25) is 65.3 Å². The van der Waals surface area contributed by atoms with E-state index in [2.05, 4.69) is 78.7 Å². The number of likely N-dealkylation sites (N-methyl/N-ethyl adjacent to an activating group) is 1. The lowest BCUT2D eigenvalue weighted by Crippen LogP contribution is -2.65. The molecular weight excluding hydrogens is 1780 g/mol. The molecule has 2 saturated heterocycles. The zero-order valence-corrected chi connectivity index (χ0v) is 71.5. The zero-order chi connectivity index (χ0) is 94.5. The number of carbonyl (C=O) groups excluding carboxylic acids is 9. The van der Waals surface area contributed by atoms with Gasteiger partial charge in [0.25, 0.3) is 5.91 Å². The Labute approximate surface area is 751 Å². The fourth-order valence-corrected chi connectivity index (χ4v) is 16.1. The lowest BCUT2D eigenvalue weighted by atomic mass is 9.85. The van der Waals surface area contributed by atoms with Gasteiger partial charge in [-0.2, -0.15) is 4.98 Å². The number of phenols is 3. The third kappa shape index (κ3) is 22.3. The van der Waals surface area contributed by atoms with E-state index in [1.54, 1.807) is 20.8 Å². The van der Waals surface area contributed by atoms with E-state index in [1.807, 2.05) is 0 Å². The molecule has 6 aromatic carbocycles. The predicted octanol–water partition coefficient (Wildman–Crippen LogP) is 0.569. The maximum Gasteiger partial charge on any atom is 0.573 e. The van der Waals surface area contributed by atoms with E-state index in [-0.39, 0.29) is 73.3 Å². The number of amides is 9. The molecule has 18 atom stereocenters. The highest BCUT2D eigenvalue weighted by Crippen LogP contribution is 2.50. The number of alkyl halides is 3. The zero-order valence-electron chi connectivity index (χ0n) is 70.0. The van der Waals surface area contributed by atoms with E-state index >= 15 is 24.0 Å². The van der Waals surface area contributed by atoms with Gasteiger partial charge in [-0.25, -0.2) is 4.79 Å². The molecule has 1 aromatic heterocycles. The fourth-order valence-electron chi connectivity index (χ4n) is 15.6. The quantitative estimate of drug-likeness (QED) is 0.0437. The second kappa shape index (κ2) is 40.3. The number of nitrogens with two attached hydrogens (primary N) is 1. The van der Waals surface area contributed by atoms with Gasteiger partial charge in [-0.05, 0) is 139 Å². The van der Waals surface area contributed by atoms with Crippen molar-refractivity contribution in [3.8, 4) is 62.9 Å². The van der Waals surface area contributed by atoms with Crippen molar-refractivity contribution in [2.24, 2.45) is 16.6 Å². The second-order valence-corrected chi connectivity index (χ2v) is 33.0. The molecule has 131 heavy (non-hydrogen) atoms. The molecule has 8 aliphatic rings. The van der Waals surface area contributed by atoms with Gasteiger partial charge in [-0.15, -0.1) is 13.2 Å². The van der Waals surface area contributed by atoms with Gasteiger partial charge in [0.05, 0.1) is 54.3 Å². The molecular formula is C84H93Cl2F3N16O26. The van der Waals surface area contributed by atoms with Crippen molar-refractivity contribution in [2.75, 3.05) is 38.6 Å². The number of hydrogen-bond donors (Lipinski definition) is 22. The Balaban J connectivity index is 0.922. The van der Waals surface area contributed by atoms with Crippen molar-refractivity contribution >= 4 is 88.1 Å². The van der Waals surface area contributed by atoms with Gasteiger partial charge >= 0.3 is 12.1 Å². The first-order valence-corrected chi connectivity index (χ1v) is 41.6. The number of aromatic hydroxyl groups is 3. The Morgan fingerprint density at radius 2 is 1.40 bits per heavy atom. The normalized spacial score (nSPS) is 25.9. The number of benzene rings is 6. The standard InChI is InChI=1S/C84H93Cl2F3N16O26/c1-34(2)22-47(91-5)73(117)101-64-66(112)38-9-14-51(45(85)25-38)126-53-27-40-28-54(70(53)130-80-71(69(115)68(114)55(33-106)128-80)129-59-32-83(4,72(116)35(3)125-59)94-19-21-105-20-16-57(97-82(105)124)96-58(111)23-36-6-11-42(12-7-36)131-84(87,88)89)127-52-15-10-39(26-46(52)86)67(113)65-78(122)100-63(79(123)103-104-81-92-17-18-93-81)44-29-41(107)30-50(109)60(44)43-24-37(8-13-49(43)108)61(75(119)102-65)99-76(120)62(40)98-74(118)48(31-56(90)110)95-77(64)121/h6-16,20,24-30,34-35,47-48,55,59,61-69,71-72,80,91,94,106-109,112-116H,17-19,21-23,31-33H2,1-5H3,(H2,90,110)(H,95,121)(H,98,118)(H,99,120)(H,100,122)(H,101,117)(H,102,119)(H,103,123)(H2,92,93,104)(H,96,97,111,124)/t35-,47+,48-,55+,59-,61+,62+,63+,64+,65-,66+,67+,68+,69-,71+,72+,80?,83+/m0/s1. The van der Waals surface area contributed by atoms with Crippen LogP contribution < -0.4 is 94.4 Å². The number of aliphatic hydroxyl groups is 6. The summed E-state index contributed by atoms with van der Waals surface area (Å²) in [5.41, 5.74) is 6.00. The van der Waals surface area contributed by atoms with Crippen molar-refractivity contribution in [2.45, 2.75) is 176 Å². The second-order valence-electron chi connectivity index (χ2n) is 32.2. The van der Waals surface area contributed by atoms with Crippen LogP contribution in [-0.4, -0.2) is 233 Å². The number of hydrogen-bond acceptors (Lipinski definition) is 32. The smallest absolute Gasteiger partial charge is 0.508 e. The Kier molecular flexibility index (Phi) is 29.5. The molecule has 0 radical (unpaired) electrons. The monoisotopic (exact) mass is 1870 g/mol. The van der Waals surface area contributed by atoms with Crippen molar-refractivity contribution < 1.29 is 135 Å². The van der Waals surface area contributed by atoms with Crippen LogP contribution >= 0.6 is 23.2 Å². The summed E-state index contributed by atoms with van der Waals surface area (Å²) in [6, 6.07) is 5.14. The number of fused-ring (bicyclic) bond motifs is 15. The number of anilines is 1. The van der Waals surface area contributed by atoms with Crippen LogP contribution in [0, 0.1) is 5.92 Å². The number of primary amides is 1. The minimum absolute atomic E-state index is 0.0646. The molecule has 0 spiro atoms. The van der Waals surface area contributed by atoms with E-state index in [0.717, 1.165) is 89.5 Å². The molecule has 23 N–H and O–H groups in total. The number of carbonyl (C=O) groups is 9. The average molecular weight is 1870 g/mol. The summed E-state index contributed by atoms with van der Waals surface area (Å²) in [7, 11) is 1.46. The number of nitrogens with zero attached hydrogens (tertiary/aromatic N) is 3. The largest absolute Gasteiger partial charge is 0.573 e. The van der Waals surface area contributed by atoms with E-state index < -0.39 is 272 Å². The van der Waals surface area contributed by atoms with Crippen LogP contribution in [0.1, 0.15) is 111 Å². The van der Waals surface area contributed by atoms with Gasteiger partial charge in [-0.3, -0.25) is 63.6 Å². The first-order chi connectivity index (χ1) is 62.1. The number of aliphatic imine (C=N–C) groups is 1. The van der Waals surface area contributed by atoms with Gasteiger partial charge in [0.15, 0.2) is 23.9 Å². The van der Waals surface area contributed by atoms with Crippen LogP contribution in [0.25, 0.3) is 11.1 Å². The topological polar surface area (TPSA) is 618 Å². The Bertz CT molecular complexity index is 5630. The van der Waals surface area contributed by atoms with Crippen LogP contribution in [0.15, 0.2) is 125 Å². The molecule has 2 fully saturated rings. The third-order valence-electron chi connectivity index (χ3n) is 22.3. The highest BCUT2D eigenvalue weighted by atomic mass is 35.5. The van der Waals surface area contributed by atoms with E-state index in [1.165, 1.54) is 44.4 Å². The highest BCUT2D eigenvalue weighted by Gasteiger charge is 2.53. The summed E-state index contributed by atoms with van der Waals surface area (Å²) in [4.78, 5) is 155. The Hall–Kier alpha value is -12.8. The minimum Gasteiger partial charge on any atom is -0.508 e. The number of guanidine groups is 1. The van der Waals surface area contributed by atoms with Crippen molar-refractivity contribution in [1.82, 2.24) is 68.3 Å². The minimum atomic E-state index is -4.94. The first-order valence-electron chi connectivity index (χ1n) is 40.9. The summed E-state index contributed by atoms with van der Waals surface area (Å²) in [5.74, 6) is -17.0. The molecule has 7 aromatic rings. The van der Waals surface area contributed by atoms with E-state index in [4.69, 9.17) is 57.4 Å². The molecule has 8 aliphatic heterocycles. The number of hydrazine groups is 1. The van der Waals surface area contributed by atoms with Gasteiger partial charge in [0.1, 0.15) is 107 Å². The summed E-state index contributed by atoms with van der Waals surface area (Å²) >= 11 is 14.4. The number of nitrogens with one attached hydrogen (secondary N) is 12. The van der Waals surface area contributed by atoms with Gasteiger partial charge in [-0.1, -0.05) is 67.4 Å². The molecule has 47 heteroatoms. The molecule has 42 nitrogen and oxygen atoms in total.